The number of nitrogens with zero attached hydrogens (tertiary/aromatic N) is 5. The summed E-state index contributed by atoms with van der Waals surface area (Å²) in [5, 5.41) is 4.96. The summed E-state index contributed by atoms with van der Waals surface area (Å²) in [6.45, 7) is 4.19. The number of quaternary nitrogens is 1. The molecule has 1 aliphatic heterocycles. The van der Waals surface area contributed by atoms with Crippen molar-refractivity contribution in [1.29, 1.82) is 0 Å². The number of benzene rings is 4. The first-order chi connectivity index (χ1) is 20.3. The van der Waals surface area contributed by atoms with Gasteiger partial charge in [0.15, 0.2) is 6.54 Å². The second-order valence-electron chi connectivity index (χ2n) is 12.3. The molecule has 1 fully saturated rings. The van der Waals surface area contributed by atoms with Crippen molar-refractivity contribution >= 4 is 55.9 Å². The van der Waals surface area contributed by atoms with E-state index in [0.717, 1.165) is 71.9 Å². The van der Waals surface area contributed by atoms with Crippen LogP contribution in [-0.2, 0) is 11.3 Å². The van der Waals surface area contributed by atoms with Gasteiger partial charge in [-0.05, 0) is 47.9 Å². The number of carbonyl (C=O) groups is 1. The highest BCUT2D eigenvalue weighted by molar-refractivity contribution is 7.99. The number of halogens is 1. The van der Waals surface area contributed by atoms with Crippen LogP contribution in [0.2, 0.25) is 0 Å². The minimum absolute atomic E-state index is 0. The largest absolute Gasteiger partial charge is 1.00 e. The Balaban J connectivity index is 0.00000368. The number of aromatic nitrogens is 2. The topological polar surface area (TPSA) is 41.4 Å². The predicted octanol–water partition coefficient (Wildman–Crippen LogP) is 3.51. The number of aryl methyl sites for hydroxylation is 1. The SMILES string of the molecule is CN(C)c1ccc(-c2nc3c4ccccc4c4ccccc4c3n2CCCC[N+](C)(C)CC(=O)N2CCSCC2)cc1.[Br-]. The van der Waals surface area contributed by atoms with Crippen LogP contribution in [0, 0.1) is 0 Å². The van der Waals surface area contributed by atoms with Gasteiger partial charge in [-0.1, -0.05) is 48.5 Å². The molecule has 1 aliphatic rings. The number of anilines is 1. The quantitative estimate of drug-likeness (QED) is 0.138. The van der Waals surface area contributed by atoms with Gasteiger partial charge in [0.05, 0.1) is 31.7 Å². The Labute approximate surface area is 270 Å². The zero-order chi connectivity index (χ0) is 29.3. The molecular formula is C35H42BrN5OS. The fraction of sp³-hybridized carbons (Fsp3) is 0.371. The Hall–Kier alpha value is -3.07. The van der Waals surface area contributed by atoms with Crippen molar-refractivity contribution in [2.45, 2.75) is 19.4 Å². The third kappa shape index (κ3) is 6.56. The van der Waals surface area contributed by atoms with E-state index in [2.05, 4.69) is 115 Å². The van der Waals surface area contributed by atoms with E-state index in [1.807, 2.05) is 11.8 Å². The highest BCUT2D eigenvalue weighted by Gasteiger charge is 2.25. The van der Waals surface area contributed by atoms with Crippen molar-refractivity contribution in [3.63, 3.8) is 0 Å². The maximum absolute atomic E-state index is 13.0. The van der Waals surface area contributed by atoms with E-state index in [9.17, 15) is 4.79 Å². The molecule has 0 saturated carbocycles. The van der Waals surface area contributed by atoms with Crippen molar-refractivity contribution in [2.75, 3.05) is 70.8 Å². The van der Waals surface area contributed by atoms with E-state index in [-0.39, 0.29) is 17.0 Å². The van der Waals surface area contributed by atoms with Gasteiger partial charge in [0, 0.05) is 67.3 Å². The van der Waals surface area contributed by atoms with Gasteiger partial charge >= 0.3 is 0 Å². The number of amides is 1. The molecule has 8 heteroatoms. The smallest absolute Gasteiger partial charge is 0.277 e. The number of unbranched alkanes of at least 4 members (excludes halogenated alkanes) is 1. The summed E-state index contributed by atoms with van der Waals surface area (Å²) in [5.41, 5.74) is 4.59. The maximum atomic E-state index is 13.0. The Bertz CT molecular complexity index is 1720. The molecule has 0 atom stereocenters. The standard InChI is InChI=1S/C35H42N5OS.BrH/c1-37(2)27-17-15-26(16-18-27)35-36-33-30-13-7-5-11-28(30)29-12-6-8-14-31(29)34(33)39(35)19-9-10-22-40(3,4)25-32(41)38-20-23-42-24-21-38;/h5-8,11-18H,9-10,19-25H2,1-4H3;1H/q+1;/p-1. The second-order valence-corrected chi connectivity index (χ2v) is 13.6. The molecule has 0 radical (unpaired) electrons. The van der Waals surface area contributed by atoms with E-state index in [0.29, 0.717) is 12.5 Å². The van der Waals surface area contributed by atoms with Gasteiger partial charge in [0.25, 0.3) is 5.91 Å². The Morgan fingerprint density at radius 2 is 1.47 bits per heavy atom. The molecule has 0 N–H and O–H groups in total. The summed E-state index contributed by atoms with van der Waals surface area (Å²) in [5.74, 6) is 3.43. The highest BCUT2D eigenvalue weighted by Crippen LogP contribution is 2.37. The fourth-order valence-corrected chi connectivity index (χ4v) is 7.18. The van der Waals surface area contributed by atoms with Crippen LogP contribution in [0.4, 0.5) is 5.69 Å². The summed E-state index contributed by atoms with van der Waals surface area (Å²) in [4.78, 5) is 22.5. The summed E-state index contributed by atoms with van der Waals surface area (Å²) in [6.07, 6.45) is 2.06. The maximum Gasteiger partial charge on any atom is 0.277 e. The summed E-state index contributed by atoms with van der Waals surface area (Å²) < 4.78 is 3.17. The Kier molecular flexibility index (Phi) is 9.69. The van der Waals surface area contributed by atoms with Crippen LogP contribution >= 0.6 is 11.8 Å². The van der Waals surface area contributed by atoms with Crippen molar-refractivity contribution in [3.8, 4) is 11.4 Å². The zero-order valence-electron chi connectivity index (χ0n) is 25.7. The van der Waals surface area contributed by atoms with Crippen molar-refractivity contribution < 1.29 is 26.3 Å². The first kappa shape index (κ1) is 31.4. The van der Waals surface area contributed by atoms with E-state index in [1.165, 1.54) is 32.7 Å². The number of hydrogen-bond acceptors (Lipinski definition) is 4. The molecule has 0 unspecified atom stereocenters. The molecule has 0 aliphatic carbocycles. The van der Waals surface area contributed by atoms with Crippen molar-refractivity contribution in [2.24, 2.45) is 0 Å². The number of likely N-dealkylation sites (N-methyl/N-ethyl adjacent to an activating group) is 1. The van der Waals surface area contributed by atoms with E-state index in [1.54, 1.807) is 0 Å². The zero-order valence-corrected chi connectivity index (χ0v) is 28.1. The van der Waals surface area contributed by atoms with E-state index in [4.69, 9.17) is 4.98 Å². The summed E-state index contributed by atoms with van der Waals surface area (Å²) >= 11 is 1.94. The number of imidazole rings is 1. The molecule has 5 aromatic rings. The molecule has 1 amide bonds. The number of hydrogen-bond donors (Lipinski definition) is 0. The molecule has 43 heavy (non-hydrogen) atoms. The first-order valence-electron chi connectivity index (χ1n) is 15.1. The number of carbonyl (C=O) groups excluding carboxylic acids is 1. The number of thioether (sulfide) groups is 1. The monoisotopic (exact) mass is 659 g/mol. The molecule has 226 valence electrons. The number of rotatable bonds is 9. The van der Waals surface area contributed by atoms with Gasteiger partial charge in [0.2, 0.25) is 0 Å². The third-order valence-electron chi connectivity index (χ3n) is 8.59. The van der Waals surface area contributed by atoms with Crippen molar-refractivity contribution in [1.82, 2.24) is 14.5 Å². The molecule has 0 bridgehead atoms. The van der Waals surface area contributed by atoms with Gasteiger partial charge in [-0.2, -0.15) is 11.8 Å². The van der Waals surface area contributed by atoms with Gasteiger partial charge in [-0.3, -0.25) is 4.79 Å². The average molecular weight is 661 g/mol. The molecule has 6 rings (SSSR count). The lowest BCUT2D eigenvalue weighted by Gasteiger charge is -2.33. The Morgan fingerprint density at radius 3 is 2.12 bits per heavy atom. The molecule has 1 aromatic heterocycles. The summed E-state index contributed by atoms with van der Waals surface area (Å²) in [7, 11) is 8.53. The van der Waals surface area contributed by atoms with Crippen LogP contribution in [0.5, 0.6) is 0 Å². The normalized spacial score (nSPS) is 13.9. The lowest BCUT2D eigenvalue weighted by molar-refractivity contribution is -0.883. The van der Waals surface area contributed by atoms with E-state index >= 15 is 0 Å². The van der Waals surface area contributed by atoms with Crippen LogP contribution in [0.25, 0.3) is 44.0 Å². The van der Waals surface area contributed by atoms with Crippen LogP contribution in [-0.4, -0.2) is 90.7 Å². The Morgan fingerprint density at radius 1 is 0.860 bits per heavy atom. The van der Waals surface area contributed by atoms with Gasteiger partial charge in [0.1, 0.15) is 5.82 Å². The van der Waals surface area contributed by atoms with Gasteiger partial charge in [-0.15, -0.1) is 0 Å². The van der Waals surface area contributed by atoms with Crippen LogP contribution in [0.3, 0.4) is 0 Å². The van der Waals surface area contributed by atoms with Crippen molar-refractivity contribution in [3.05, 3.63) is 72.8 Å². The minimum atomic E-state index is 0. The molecule has 1 saturated heterocycles. The lowest BCUT2D eigenvalue weighted by Crippen LogP contribution is -3.00. The molecule has 2 heterocycles. The van der Waals surface area contributed by atoms with Crippen LogP contribution in [0.1, 0.15) is 12.8 Å². The molecule has 0 spiro atoms. The second kappa shape index (κ2) is 13.3. The minimum Gasteiger partial charge on any atom is -1.00 e. The fourth-order valence-electron chi connectivity index (χ4n) is 6.28. The van der Waals surface area contributed by atoms with E-state index < -0.39 is 0 Å². The predicted molar refractivity (Wildman–Crippen MR) is 179 cm³/mol. The summed E-state index contributed by atoms with van der Waals surface area (Å²) in [6, 6.07) is 26.1. The molecule has 4 aromatic carbocycles. The number of fused-ring (bicyclic) bond motifs is 6. The average Bonchev–Trinajstić information content (AvgIpc) is 3.39. The van der Waals surface area contributed by atoms with Gasteiger partial charge < -0.3 is 35.8 Å². The molecule has 6 nitrogen and oxygen atoms in total. The lowest BCUT2D eigenvalue weighted by atomic mass is 10.00. The third-order valence-corrected chi connectivity index (χ3v) is 9.53. The van der Waals surface area contributed by atoms with Crippen LogP contribution < -0.4 is 21.9 Å². The first-order valence-corrected chi connectivity index (χ1v) is 16.2. The van der Waals surface area contributed by atoms with Crippen LogP contribution in [0.15, 0.2) is 72.8 Å². The molecular weight excluding hydrogens is 618 g/mol. The highest BCUT2D eigenvalue weighted by atomic mass is 79.9. The van der Waals surface area contributed by atoms with Gasteiger partial charge in [-0.25, -0.2) is 4.98 Å².